The normalized spacial score (nSPS) is 16.1. The van der Waals surface area contributed by atoms with Crippen molar-refractivity contribution in [2.45, 2.75) is 26.3 Å². The van der Waals surface area contributed by atoms with Crippen molar-refractivity contribution in [3.63, 3.8) is 0 Å². The van der Waals surface area contributed by atoms with Crippen molar-refractivity contribution < 1.29 is 9.59 Å². The van der Waals surface area contributed by atoms with Crippen LogP contribution in [0.1, 0.15) is 30.3 Å². The van der Waals surface area contributed by atoms with Gasteiger partial charge in [-0.05, 0) is 25.8 Å². The number of rotatable bonds is 3. The van der Waals surface area contributed by atoms with Gasteiger partial charge >= 0.3 is 0 Å². The monoisotopic (exact) mass is 278 g/mol. The third-order valence-electron chi connectivity index (χ3n) is 3.57. The van der Waals surface area contributed by atoms with Crippen LogP contribution in [0.2, 0.25) is 0 Å². The van der Waals surface area contributed by atoms with E-state index in [0.717, 1.165) is 0 Å². The maximum Gasteiger partial charge on any atom is 0.274 e. The molecule has 0 spiro atoms. The van der Waals surface area contributed by atoms with Crippen LogP contribution >= 0.6 is 0 Å². The molecule has 7 heteroatoms. The number of primary amides is 1. The summed E-state index contributed by atoms with van der Waals surface area (Å²) in [6.07, 6.45) is 1.16. The van der Waals surface area contributed by atoms with Gasteiger partial charge in [-0.2, -0.15) is 5.10 Å². The summed E-state index contributed by atoms with van der Waals surface area (Å²) >= 11 is 0. The highest BCUT2D eigenvalue weighted by molar-refractivity contribution is 5.92. The van der Waals surface area contributed by atoms with Crippen LogP contribution in [0, 0.1) is 5.92 Å². The standard InChI is InChI=1S/C13H18N4O3/c1-2-17-11(18)4-3-10(15-17)13(20)16-7-5-9(6-8-16)12(14)19/h3-4,9H,2,5-8H2,1H3,(H2,14,19). The molecule has 20 heavy (non-hydrogen) atoms. The molecule has 0 aliphatic carbocycles. The molecule has 1 saturated heterocycles. The summed E-state index contributed by atoms with van der Waals surface area (Å²) in [6, 6.07) is 2.79. The molecule has 108 valence electrons. The van der Waals surface area contributed by atoms with Crippen LogP contribution in [0.15, 0.2) is 16.9 Å². The Labute approximate surface area is 116 Å². The molecular weight excluding hydrogens is 260 g/mol. The van der Waals surface area contributed by atoms with Crippen molar-refractivity contribution in [3.05, 3.63) is 28.2 Å². The largest absolute Gasteiger partial charge is 0.369 e. The number of nitrogens with two attached hydrogens (primary N) is 1. The zero-order valence-corrected chi connectivity index (χ0v) is 11.4. The zero-order valence-electron chi connectivity index (χ0n) is 11.4. The van der Waals surface area contributed by atoms with Crippen LogP contribution in [0.3, 0.4) is 0 Å². The van der Waals surface area contributed by atoms with Gasteiger partial charge in [-0.15, -0.1) is 0 Å². The highest BCUT2D eigenvalue weighted by Gasteiger charge is 2.27. The Morgan fingerprint density at radius 2 is 2.00 bits per heavy atom. The molecule has 1 aromatic heterocycles. The Morgan fingerprint density at radius 3 is 2.55 bits per heavy atom. The van der Waals surface area contributed by atoms with Gasteiger partial charge in [-0.25, -0.2) is 4.68 Å². The second kappa shape index (κ2) is 5.85. The fourth-order valence-electron chi connectivity index (χ4n) is 2.32. The third kappa shape index (κ3) is 2.87. The number of hydrogen-bond donors (Lipinski definition) is 1. The third-order valence-corrected chi connectivity index (χ3v) is 3.57. The van der Waals surface area contributed by atoms with Gasteiger partial charge in [0.2, 0.25) is 5.91 Å². The van der Waals surface area contributed by atoms with Crippen LogP contribution in [0.5, 0.6) is 0 Å². The minimum absolute atomic E-state index is 0.156. The first-order valence-corrected chi connectivity index (χ1v) is 6.69. The van der Waals surface area contributed by atoms with Crippen molar-refractivity contribution in [2.24, 2.45) is 11.7 Å². The fourth-order valence-corrected chi connectivity index (χ4v) is 2.32. The van der Waals surface area contributed by atoms with Crippen molar-refractivity contribution in [2.75, 3.05) is 13.1 Å². The molecule has 1 aliphatic heterocycles. The summed E-state index contributed by atoms with van der Waals surface area (Å²) in [5, 5.41) is 4.04. The van der Waals surface area contributed by atoms with E-state index in [-0.39, 0.29) is 29.0 Å². The van der Waals surface area contributed by atoms with Crippen molar-refractivity contribution in [1.82, 2.24) is 14.7 Å². The SMILES string of the molecule is CCn1nc(C(=O)N2CCC(C(N)=O)CC2)ccc1=O. The molecule has 2 amide bonds. The molecule has 7 nitrogen and oxygen atoms in total. The maximum atomic E-state index is 12.3. The van der Waals surface area contributed by atoms with E-state index in [1.807, 2.05) is 0 Å². The van der Waals surface area contributed by atoms with Gasteiger partial charge in [0.05, 0.1) is 0 Å². The van der Waals surface area contributed by atoms with Gasteiger partial charge in [-0.3, -0.25) is 14.4 Å². The molecule has 2 rings (SSSR count). The Morgan fingerprint density at radius 1 is 1.35 bits per heavy atom. The van der Waals surface area contributed by atoms with Gasteiger partial charge in [0.15, 0.2) is 0 Å². The average Bonchev–Trinajstić information content (AvgIpc) is 2.47. The molecule has 1 aromatic rings. The summed E-state index contributed by atoms with van der Waals surface area (Å²) in [5.41, 5.74) is 5.29. The summed E-state index contributed by atoms with van der Waals surface area (Å²) in [6.45, 7) is 3.18. The maximum absolute atomic E-state index is 12.3. The van der Waals surface area contributed by atoms with Crippen LogP contribution < -0.4 is 11.3 Å². The quantitative estimate of drug-likeness (QED) is 0.813. The summed E-state index contributed by atoms with van der Waals surface area (Å²) in [5.74, 6) is -0.679. The predicted octanol–water partition coefficient (Wildman–Crippen LogP) is -0.399. The van der Waals surface area contributed by atoms with Crippen molar-refractivity contribution in [1.29, 1.82) is 0 Å². The van der Waals surface area contributed by atoms with E-state index < -0.39 is 0 Å². The molecule has 2 heterocycles. The number of aromatic nitrogens is 2. The highest BCUT2D eigenvalue weighted by atomic mass is 16.2. The van der Waals surface area contributed by atoms with E-state index in [0.29, 0.717) is 32.5 Å². The number of piperidine rings is 1. The Balaban J connectivity index is 2.09. The summed E-state index contributed by atoms with van der Waals surface area (Å²) in [4.78, 5) is 36.5. The minimum atomic E-state index is -0.310. The van der Waals surface area contributed by atoms with Crippen molar-refractivity contribution in [3.8, 4) is 0 Å². The van der Waals surface area contributed by atoms with Crippen LogP contribution in [-0.2, 0) is 11.3 Å². The van der Waals surface area contributed by atoms with E-state index in [4.69, 9.17) is 5.73 Å². The van der Waals surface area contributed by atoms with Crippen LogP contribution in [0.25, 0.3) is 0 Å². The van der Waals surface area contributed by atoms with Crippen molar-refractivity contribution >= 4 is 11.8 Å². The topological polar surface area (TPSA) is 98.3 Å². The number of likely N-dealkylation sites (tertiary alicyclic amines) is 1. The number of carbonyl (C=O) groups is 2. The van der Waals surface area contributed by atoms with Gasteiger partial charge in [0.1, 0.15) is 5.69 Å². The number of nitrogens with zero attached hydrogens (tertiary/aromatic N) is 3. The van der Waals surface area contributed by atoms with Gasteiger partial charge < -0.3 is 10.6 Å². The number of hydrogen-bond acceptors (Lipinski definition) is 4. The number of amides is 2. The molecular formula is C13H18N4O3. The molecule has 0 atom stereocenters. The summed E-state index contributed by atoms with van der Waals surface area (Å²) in [7, 11) is 0. The van der Waals surface area contributed by atoms with E-state index in [2.05, 4.69) is 5.10 Å². The minimum Gasteiger partial charge on any atom is -0.369 e. The molecule has 1 aliphatic rings. The van der Waals surface area contributed by atoms with Crippen LogP contribution in [0.4, 0.5) is 0 Å². The Bertz CT molecular complexity index is 573. The Hall–Kier alpha value is -2.18. The highest BCUT2D eigenvalue weighted by Crippen LogP contribution is 2.17. The second-order valence-corrected chi connectivity index (χ2v) is 4.84. The molecule has 0 unspecified atom stereocenters. The summed E-state index contributed by atoms with van der Waals surface area (Å²) < 4.78 is 1.25. The lowest BCUT2D eigenvalue weighted by atomic mass is 9.96. The number of carbonyl (C=O) groups excluding carboxylic acids is 2. The first-order chi connectivity index (χ1) is 9.52. The average molecular weight is 278 g/mol. The van der Waals surface area contributed by atoms with Gasteiger partial charge in [0, 0.05) is 31.6 Å². The van der Waals surface area contributed by atoms with Crippen LogP contribution in [-0.4, -0.2) is 39.6 Å². The molecule has 0 aromatic carbocycles. The van der Waals surface area contributed by atoms with E-state index in [9.17, 15) is 14.4 Å². The van der Waals surface area contributed by atoms with E-state index >= 15 is 0 Å². The molecule has 2 N–H and O–H groups in total. The first kappa shape index (κ1) is 14.2. The van der Waals surface area contributed by atoms with E-state index in [1.165, 1.54) is 16.8 Å². The number of aryl methyl sites for hydroxylation is 1. The molecule has 0 radical (unpaired) electrons. The van der Waals surface area contributed by atoms with E-state index in [1.54, 1.807) is 11.8 Å². The second-order valence-electron chi connectivity index (χ2n) is 4.84. The lowest BCUT2D eigenvalue weighted by molar-refractivity contribution is -0.123. The first-order valence-electron chi connectivity index (χ1n) is 6.69. The molecule has 0 saturated carbocycles. The molecule has 0 bridgehead atoms. The fraction of sp³-hybridized carbons (Fsp3) is 0.538. The lowest BCUT2D eigenvalue weighted by Crippen LogP contribution is -2.42. The lowest BCUT2D eigenvalue weighted by Gasteiger charge is -2.30. The predicted molar refractivity (Wildman–Crippen MR) is 72.0 cm³/mol. The van der Waals surface area contributed by atoms with Gasteiger partial charge in [0.25, 0.3) is 11.5 Å². The molecule has 1 fully saturated rings. The Kier molecular flexibility index (Phi) is 4.16. The smallest absolute Gasteiger partial charge is 0.274 e. The zero-order chi connectivity index (χ0) is 14.7. The van der Waals surface area contributed by atoms with Gasteiger partial charge in [-0.1, -0.05) is 0 Å².